The lowest BCUT2D eigenvalue weighted by Gasteiger charge is -2.19. The van der Waals surface area contributed by atoms with Crippen molar-refractivity contribution in [3.05, 3.63) is 48.0 Å². The van der Waals surface area contributed by atoms with Crippen LogP contribution in [0.3, 0.4) is 0 Å². The monoisotopic (exact) mass is 468 g/mol. The predicted molar refractivity (Wildman–Crippen MR) is 136 cm³/mol. The number of hydrogen-bond donors (Lipinski definition) is 3. The van der Waals surface area contributed by atoms with Gasteiger partial charge in [0.1, 0.15) is 17.7 Å². The summed E-state index contributed by atoms with van der Waals surface area (Å²) in [6.07, 6.45) is 2.75. The van der Waals surface area contributed by atoms with Crippen molar-refractivity contribution in [1.29, 1.82) is 0 Å². The van der Waals surface area contributed by atoms with E-state index in [0.717, 1.165) is 29.8 Å². The Morgan fingerprint density at radius 3 is 2.44 bits per heavy atom. The van der Waals surface area contributed by atoms with E-state index < -0.39 is 0 Å². The second-order valence-electron chi connectivity index (χ2n) is 8.16. The molecule has 0 radical (unpaired) electrons. The van der Waals surface area contributed by atoms with Crippen LogP contribution in [0.15, 0.2) is 42.5 Å². The molecule has 34 heavy (non-hydrogen) atoms. The van der Waals surface area contributed by atoms with Gasteiger partial charge in [0.15, 0.2) is 5.82 Å². The van der Waals surface area contributed by atoms with Crippen molar-refractivity contribution in [3.63, 3.8) is 0 Å². The van der Waals surface area contributed by atoms with Crippen LogP contribution in [0.5, 0.6) is 5.75 Å². The van der Waals surface area contributed by atoms with Crippen molar-refractivity contribution in [2.75, 3.05) is 38.7 Å². The van der Waals surface area contributed by atoms with Crippen LogP contribution < -0.4 is 10.2 Å². The van der Waals surface area contributed by atoms with Gasteiger partial charge >= 0.3 is 0 Å². The number of phenolic OH excluding ortho intramolecular Hbond substituents is 1. The number of carbonyl (C=O) groups is 1. The molecule has 1 atom stereocenters. The van der Waals surface area contributed by atoms with Gasteiger partial charge in [-0.25, -0.2) is 9.97 Å². The molecule has 1 unspecified atom stereocenters. The average Bonchev–Trinajstić information content (AvgIpc) is 3.35. The molecule has 0 spiro atoms. The first-order valence-corrected chi connectivity index (χ1v) is 11.5. The van der Waals surface area contributed by atoms with E-state index >= 15 is 0 Å². The summed E-state index contributed by atoms with van der Waals surface area (Å²) >= 11 is 0. The highest BCUT2D eigenvalue weighted by Gasteiger charge is 2.19. The number of ether oxygens (including phenoxy) is 1. The van der Waals surface area contributed by atoms with Crippen molar-refractivity contribution < 1.29 is 19.7 Å². The number of carbonyl (C=O) groups excluding carboxylic acids is 1. The Bertz CT molecular complexity index is 1040. The van der Waals surface area contributed by atoms with E-state index in [0.29, 0.717) is 24.3 Å². The maximum atomic E-state index is 10.2. The van der Waals surface area contributed by atoms with Crippen LogP contribution in [-0.4, -0.2) is 66.5 Å². The van der Waals surface area contributed by atoms with E-state index in [1.54, 1.807) is 13.0 Å². The number of anilines is 1. The largest absolute Gasteiger partial charge is 0.507 e. The van der Waals surface area contributed by atoms with Gasteiger partial charge in [0.05, 0.1) is 11.1 Å². The van der Waals surface area contributed by atoms with Gasteiger partial charge in [-0.3, -0.25) is 4.79 Å². The lowest BCUT2D eigenvalue weighted by molar-refractivity contribution is -0.133. The molecule has 1 saturated heterocycles. The van der Waals surface area contributed by atoms with E-state index in [4.69, 9.17) is 15.1 Å². The molecule has 1 aliphatic heterocycles. The fraction of sp³-hybridized carbons (Fsp3) is 0.423. The number of aryl methyl sites for hydroxylation is 1. The van der Waals surface area contributed by atoms with Crippen molar-refractivity contribution >= 4 is 23.2 Å². The first kappa shape index (κ1) is 27.0. The van der Waals surface area contributed by atoms with Gasteiger partial charge in [-0.15, -0.1) is 0 Å². The third-order valence-electron chi connectivity index (χ3n) is 5.21. The van der Waals surface area contributed by atoms with Crippen LogP contribution in [0.4, 0.5) is 5.82 Å². The minimum atomic E-state index is -0.155. The molecule has 2 heterocycles. The second-order valence-corrected chi connectivity index (χ2v) is 8.16. The number of aromatic hydroxyl groups is 1. The van der Waals surface area contributed by atoms with Gasteiger partial charge in [-0.05, 0) is 70.6 Å². The highest BCUT2D eigenvalue weighted by atomic mass is 16.5. The van der Waals surface area contributed by atoms with E-state index in [-0.39, 0.29) is 18.5 Å². The number of para-hydroxylation sites is 1. The molecule has 4 rings (SSSR count). The Balaban J connectivity index is 0.000000315. The molecule has 0 amide bonds. The van der Waals surface area contributed by atoms with E-state index in [9.17, 15) is 9.90 Å². The summed E-state index contributed by atoms with van der Waals surface area (Å²) in [7, 11) is 3.75. The summed E-state index contributed by atoms with van der Waals surface area (Å²) in [5, 5.41) is 22.3. The molecule has 0 saturated carbocycles. The number of aliphatic hydroxyl groups is 1. The van der Waals surface area contributed by atoms with Gasteiger partial charge in [0.25, 0.3) is 6.47 Å². The van der Waals surface area contributed by atoms with Gasteiger partial charge in [0, 0.05) is 31.5 Å². The van der Waals surface area contributed by atoms with Crippen LogP contribution in [0.1, 0.15) is 31.7 Å². The normalized spacial score (nSPS) is 13.4. The van der Waals surface area contributed by atoms with Crippen LogP contribution in [0.25, 0.3) is 22.3 Å². The third-order valence-corrected chi connectivity index (χ3v) is 5.21. The number of hydrogen-bond acceptors (Lipinski definition) is 8. The van der Waals surface area contributed by atoms with Crippen LogP contribution in [-0.2, 0) is 9.53 Å². The fourth-order valence-corrected chi connectivity index (χ4v) is 3.52. The molecule has 8 nitrogen and oxygen atoms in total. The molecule has 184 valence electrons. The van der Waals surface area contributed by atoms with Crippen LogP contribution >= 0.6 is 0 Å². The minimum Gasteiger partial charge on any atom is -0.507 e. The summed E-state index contributed by atoms with van der Waals surface area (Å²) < 4.78 is 4.44. The zero-order valence-corrected chi connectivity index (χ0v) is 20.5. The average molecular weight is 469 g/mol. The van der Waals surface area contributed by atoms with E-state index in [1.165, 1.54) is 18.4 Å². The van der Waals surface area contributed by atoms with Crippen LogP contribution in [0, 0.1) is 6.92 Å². The topological polar surface area (TPSA) is 108 Å². The molecule has 0 aliphatic carbocycles. The Hall–Kier alpha value is -3.23. The van der Waals surface area contributed by atoms with Crippen molar-refractivity contribution in [2.45, 2.75) is 39.2 Å². The first-order chi connectivity index (χ1) is 16.4. The molecule has 0 bridgehead atoms. The third kappa shape index (κ3) is 7.67. The maximum absolute atomic E-state index is 10.2. The molecule has 2 aromatic carbocycles. The smallest absolute Gasteiger partial charge is 0.293 e. The molecule has 3 N–H and O–H groups in total. The van der Waals surface area contributed by atoms with E-state index in [1.807, 2.05) is 32.3 Å². The standard InChI is InChI=1S/C19H19N3O.C5H10O3.C2H7N/c1-13-8-9-14-16(12-13)20-18(15-6-2-3-7-17(15)23)21-19(14)22-10-4-5-11-22;1-5(2-3-6)8-4-7;1-3-2/h2-3,6-9,12,23H,4-5,10-11H2,1H3;4-6H,2-3H2,1H3;3H,1-2H3. The van der Waals surface area contributed by atoms with Crippen molar-refractivity contribution in [1.82, 2.24) is 15.3 Å². The zero-order chi connectivity index (χ0) is 24.9. The predicted octanol–water partition coefficient (Wildman–Crippen LogP) is 3.68. The van der Waals surface area contributed by atoms with Crippen molar-refractivity contribution in [3.8, 4) is 17.1 Å². The Kier molecular flexibility index (Phi) is 11.2. The SMILES string of the molecule is CC(CCO)OC=O.CNC.Cc1ccc2c(N3CCCC3)nc(-c3ccccc3O)nc2c1. The Morgan fingerprint density at radius 2 is 1.82 bits per heavy atom. The molecule has 1 fully saturated rings. The minimum absolute atomic E-state index is 0.0645. The number of aromatic nitrogens is 2. The summed E-state index contributed by atoms with van der Waals surface area (Å²) in [4.78, 5) is 21.4. The lowest BCUT2D eigenvalue weighted by atomic mass is 10.1. The summed E-state index contributed by atoms with van der Waals surface area (Å²) in [6.45, 7) is 6.30. The molecule has 3 aromatic rings. The second kappa shape index (κ2) is 14.1. The lowest BCUT2D eigenvalue weighted by Crippen LogP contribution is -2.20. The van der Waals surface area contributed by atoms with Gasteiger partial charge in [-0.2, -0.15) is 0 Å². The number of phenols is 1. The van der Waals surface area contributed by atoms with Crippen LogP contribution in [0.2, 0.25) is 0 Å². The maximum Gasteiger partial charge on any atom is 0.293 e. The van der Waals surface area contributed by atoms with E-state index in [2.05, 4.69) is 40.1 Å². The molecule has 1 aliphatic rings. The number of benzene rings is 2. The number of rotatable bonds is 6. The van der Waals surface area contributed by atoms with Crippen molar-refractivity contribution in [2.24, 2.45) is 0 Å². The van der Waals surface area contributed by atoms with Gasteiger partial charge in [0.2, 0.25) is 0 Å². The molecular weight excluding hydrogens is 432 g/mol. The summed E-state index contributed by atoms with van der Waals surface area (Å²) in [5.41, 5.74) is 2.78. The number of nitrogens with one attached hydrogen (secondary N) is 1. The zero-order valence-electron chi connectivity index (χ0n) is 20.5. The molecule has 8 heteroatoms. The quantitative estimate of drug-likeness (QED) is 0.470. The highest BCUT2D eigenvalue weighted by Crippen LogP contribution is 2.32. The van der Waals surface area contributed by atoms with Gasteiger partial charge in [-0.1, -0.05) is 18.2 Å². The number of fused-ring (bicyclic) bond motifs is 1. The number of nitrogens with zero attached hydrogens (tertiary/aromatic N) is 3. The molecular formula is C26H36N4O4. The molecule has 1 aromatic heterocycles. The summed E-state index contributed by atoms with van der Waals surface area (Å²) in [6, 6.07) is 13.5. The summed E-state index contributed by atoms with van der Waals surface area (Å²) in [5.74, 6) is 1.78. The first-order valence-electron chi connectivity index (χ1n) is 11.5. The highest BCUT2D eigenvalue weighted by molar-refractivity contribution is 5.92. The van der Waals surface area contributed by atoms with Gasteiger partial charge < -0.3 is 25.2 Å². The fourth-order valence-electron chi connectivity index (χ4n) is 3.52. The number of aliphatic hydroxyl groups excluding tert-OH is 1. The Labute approximate surface area is 201 Å². The Morgan fingerprint density at radius 1 is 1.15 bits per heavy atom.